The molecule has 0 saturated heterocycles. The molecule has 0 aliphatic heterocycles. The first kappa shape index (κ1) is 7.43. The second-order valence-electron chi connectivity index (χ2n) is 4.44. The minimum Gasteiger partial charge on any atom is -0.508 e. The molecule has 0 spiro atoms. The van der Waals surface area contributed by atoms with Gasteiger partial charge in [0.1, 0.15) is 5.75 Å². The highest BCUT2D eigenvalue weighted by atomic mass is 16.3. The molecule has 1 aromatic rings. The van der Waals surface area contributed by atoms with Gasteiger partial charge >= 0.3 is 0 Å². The molecule has 2 unspecified atom stereocenters. The standard InChI is InChI=1S/C12H14O/c1-7-2-5-11(13)10-6-8-3-4-9(8)12(7)10/h2,5,8-9,13H,3-4,6H2,1H3. The quantitative estimate of drug-likeness (QED) is 0.641. The monoisotopic (exact) mass is 174 g/mol. The Morgan fingerprint density at radius 3 is 2.85 bits per heavy atom. The first-order valence-electron chi connectivity index (χ1n) is 5.08. The van der Waals surface area contributed by atoms with Gasteiger partial charge in [-0.05, 0) is 60.8 Å². The van der Waals surface area contributed by atoms with Crippen molar-refractivity contribution in [1.29, 1.82) is 0 Å². The summed E-state index contributed by atoms with van der Waals surface area (Å²) < 4.78 is 0. The van der Waals surface area contributed by atoms with Gasteiger partial charge in [0.05, 0.1) is 0 Å². The van der Waals surface area contributed by atoms with Crippen LogP contribution in [0.15, 0.2) is 12.1 Å². The van der Waals surface area contributed by atoms with E-state index in [9.17, 15) is 5.11 Å². The molecule has 13 heavy (non-hydrogen) atoms. The Labute approximate surface area is 78.4 Å². The SMILES string of the molecule is Cc1ccc(O)c2c1C1CCC1C2. The van der Waals surface area contributed by atoms with Gasteiger partial charge < -0.3 is 5.11 Å². The number of hydrogen-bond donors (Lipinski definition) is 1. The molecule has 2 aliphatic rings. The molecule has 0 amide bonds. The maximum Gasteiger partial charge on any atom is 0.119 e. The lowest BCUT2D eigenvalue weighted by Gasteiger charge is -2.31. The van der Waals surface area contributed by atoms with Crippen LogP contribution in [0.2, 0.25) is 0 Å². The van der Waals surface area contributed by atoms with Crippen LogP contribution in [0.3, 0.4) is 0 Å². The molecule has 0 bridgehead atoms. The summed E-state index contributed by atoms with van der Waals surface area (Å²) >= 11 is 0. The van der Waals surface area contributed by atoms with E-state index in [-0.39, 0.29) is 0 Å². The molecule has 2 atom stereocenters. The summed E-state index contributed by atoms with van der Waals surface area (Å²) in [7, 11) is 0. The fourth-order valence-corrected chi connectivity index (χ4v) is 2.96. The van der Waals surface area contributed by atoms with Gasteiger partial charge in [-0.2, -0.15) is 0 Å². The minimum atomic E-state index is 0.523. The molecule has 0 radical (unpaired) electrons. The topological polar surface area (TPSA) is 20.2 Å². The highest BCUT2D eigenvalue weighted by Crippen LogP contribution is 2.53. The normalized spacial score (nSPS) is 29.3. The molecule has 68 valence electrons. The Bertz CT molecular complexity index is 368. The highest BCUT2D eigenvalue weighted by molar-refractivity contribution is 5.50. The molecule has 1 N–H and O–H groups in total. The van der Waals surface area contributed by atoms with Crippen molar-refractivity contribution in [3.05, 3.63) is 28.8 Å². The Kier molecular flexibility index (Phi) is 1.30. The lowest BCUT2D eigenvalue weighted by molar-refractivity contribution is 0.279. The van der Waals surface area contributed by atoms with Crippen molar-refractivity contribution < 1.29 is 5.11 Å². The predicted octanol–water partition coefficient (Wildman–Crippen LogP) is 2.75. The summed E-state index contributed by atoms with van der Waals surface area (Å²) in [6.07, 6.45) is 3.81. The fourth-order valence-electron chi connectivity index (χ4n) is 2.96. The van der Waals surface area contributed by atoms with Crippen LogP contribution in [0.1, 0.15) is 35.4 Å². The number of rotatable bonds is 0. The third-order valence-electron chi connectivity index (χ3n) is 3.80. The van der Waals surface area contributed by atoms with E-state index in [1.807, 2.05) is 6.07 Å². The molecular formula is C12H14O. The third-order valence-corrected chi connectivity index (χ3v) is 3.80. The van der Waals surface area contributed by atoms with Crippen molar-refractivity contribution in [3.8, 4) is 5.75 Å². The van der Waals surface area contributed by atoms with E-state index in [1.165, 1.54) is 29.5 Å². The van der Waals surface area contributed by atoms with Crippen LogP contribution in [0.5, 0.6) is 5.75 Å². The van der Waals surface area contributed by atoms with Crippen molar-refractivity contribution in [2.24, 2.45) is 5.92 Å². The number of fused-ring (bicyclic) bond motifs is 3. The summed E-state index contributed by atoms with van der Waals surface area (Å²) in [5, 5.41) is 9.72. The zero-order valence-corrected chi connectivity index (χ0v) is 7.88. The number of hydrogen-bond acceptors (Lipinski definition) is 1. The van der Waals surface area contributed by atoms with Crippen molar-refractivity contribution in [3.63, 3.8) is 0 Å². The van der Waals surface area contributed by atoms with Gasteiger partial charge in [-0.3, -0.25) is 0 Å². The molecule has 0 heterocycles. The largest absolute Gasteiger partial charge is 0.508 e. The second kappa shape index (κ2) is 2.28. The summed E-state index contributed by atoms with van der Waals surface area (Å²) in [6, 6.07) is 3.90. The third kappa shape index (κ3) is 0.822. The van der Waals surface area contributed by atoms with E-state index in [1.54, 1.807) is 0 Å². The molecular weight excluding hydrogens is 160 g/mol. The summed E-state index contributed by atoms with van der Waals surface area (Å²) in [4.78, 5) is 0. The second-order valence-corrected chi connectivity index (χ2v) is 4.44. The van der Waals surface area contributed by atoms with E-state index in [0.717, 1.165) is 18.3 Å². The Balaban J connectivity index is 2.21. The number of phenolic OH excluding ortho intramolecular Hbond substituents is 1. The maximum absolute atomic E-state index is 9.72. The van der Waals surface area contributed by atoms with Crippen LogP contribution >= 0.6 is 0 Å². The van der Waals surface area contributed by atoms with Gasteiger partial charge in [-0.25, -0.2) is 0 Å². The Hall–Kier alpha value is -0.980. The summed E-state index contributed by atoms with van der Waals surface area (Å²) in [5.41, 5.74) is 4.09. The van der Waals surface area contributed by atoms with Crippen LogP contribution in [0.4, 0.5) is 0 Å². The van der Waals surface area contributed by atoms with E-state index < -0.39 is 0 Å². The molecule has 1 nitrogen and oxygen atoms in total. The van der Waals surface area contributed by atoms with Crippen molar-refractivity contribution >= 4 is 0 Å². The average molecular weight is 174 g/mol. The van der Waals surface area contributed by atoms with Gasteiger partial charge in [0.2, 0.25) is 0 Å². The van der Waals surface area contributed by atoms with Gasteiger partial charge in [0.25, 0.3) is 0 Å². The molecule has 3 rings (SSSR count). The molecule has 2 aliphatic carbocycles. The van der Waals surface area contributed by atoms with E-state index in [0.29, 0.717) is 5.75 Å². The lowest BCUT2D eigenvalue weighted by Crippen LogP contribution is -2.19. The van der Waals surface area contributed by atoms with E-state index >= 15 is 0 Å². The van der Waals surface area contributed by atoms with Gasteiger partial charge in [-0.15, -0.1) is 0 Å². The van der Waals surface area contributed by atoms with Crippen molar-refractivity contribution in [1.82, 2.24) is 0 Å². The number of phenols is 1. The predicted molar refractivity (Wildman–Crippen MR) is 52.0 cm³/mol. The minimum absolute atomic E-state index is 0.523. The fraction of sp³-hybridized carbons (Fsp3) is 0.500. The van der Waals surface area contributed by atoms with Crippen LogP contribution in [-0.4, -0.2) is 5.11 Å². The summed E-state index contributed by atoms with van der Waals surface area (Å²) in [6.45, 7) is 2.17. The molecule has 1 heteroatoms. The Morgan fingerprint density at radius 2 is 2.15 bits per heavy atom. The van der Waals surface area contributed by atoms with Gasteiger partial charge in [0.15, 0.2) is 0 Å². The van der Waals surface area contributed by atoms with Crippen molar-refractivity contribution in [2.75, 3.05) is 0 Å². The first-order valence-corrected chi connectivity index (χ1v) is 5.08. The zero-order valence-electron chi connectivity index (χ0n) is 7.88. The smallest absolute Gasteiger partial charge is 0.119 e. The maximum atomic E-state index is 9.72. The lowest BCUT2D eigenvalue weighted by atomic mass is 9.73. The van der Waals surface area contributed by atoms with Crippen LogP contribution in [0.25, 0.3) is 0 Å². The van der Waals surface area contributed by atoms with Gasteiger partial charge in [0, 0.05) is 0 Å². The van der Waals surface area contributed by atoms with Crippen LogP contribution in [0, 0.1) is 12.8 Å². The molecule has 0 aromatic heterocycles. The van der Waals surface area contributed by atoms with Crippen LogP contribution < -0.4 is 0 Å². The molecule has 1 fully saturated rings. The zero-order chi connectivity index (χ0) is 9.00. The van der Waals surface area contributed by atoms with E-state index in [4.69, 9.17) is 0 Å². The average Bonchev–Trinajstić information content (AvgIpc) is 2.33. The first-order chi connectivity index (χ1) is 6.27. The number of benzene rings is 1. The van der Waals surface area contributed by atoms with Crippen LogP contribution in [-0.2, 0) is 6.42 Å². The Morgan fingerprint density at radius 1 is 1.31 bits per heavy atom. The summed E-state index contributed by atoms with van der Waals surface area (Å²) in [5.74, 6) is 2.15. The van der Waals surface area contributed by atoms with E-state index in [2.05, 4.69) is 13.0 Å². The van der Waals surface area contributed by atoms with Crippen molar-refractivity contribution in [2.45, 2.75) is 32.1 Å². The molecule has 1 saturated carbocycles. The molecule has 1 aromatic carbocycles. The number of aromatic hydroxyl groups is 1. The highest BCUT2D eigenvalue weighted by Gasteiger charge is 2.40. The van der Waals surface area contributed by atoms with Gasteiger partial charge in [-0.1, -0.05) is 6.07 Å². The number of aryl methyl sites for hydroxylation is 1.